The molecule has 110 valence electrons. The topological polar surface area (TPSA) is 57.6 Å². The lowest BCUT2D eigenvalue weighted by molar-refractivity contribution is 0.220. The fraction of sp³-hybridized carbons (Fsp3) is 0.571. The first-order valence-electron chi connectivity index (χ1n) is 6.58. The molecule has 6 heteroatoms. The Labute approximate surface area is 124 Å². The molecule has 1 N–H and O–H groups in total. The molecular formula is C14H19NO3S2. The zero-order chi connectivity index (χ0) is 14.6. The molecular weight excluding hydrogens is 294 g/mol. The molecule has 4 nitrogen and oxygen atoms in total. The quantitative estimate of drug-likeness (QED) is 0.849. The van der Waals surface area contributed by atoms with Crippen LogP contribution in [0, 0.1) is 11.8 Å². The highest BCUT2D eigenvalue weighted by Gasteiger charge is 2.26. The SMILES string of the molecule is CN(Cc1cc(C#CCO)cs1)C1CCS(=O)(=O)CC1. The van der Waals surface area contributed by atoms with Gasteiger partial charge in [-0.05, 0) is 26.0 Å². The molecule has 20 heavy (non-hydrogen) atoms. The van der Waals surface area contributed by atoms with E-state index in [2.05, 4.69) is 16.7 Å². The van der Waals surface area contributed by atoms with Gasteiger partial charge in [0, 0.05) is 28.4 Å². The second kappa shape index (κ2) is 6.72. The van der Waals surface area contributed by atoms with E-state index in [1.165, 1.54) is 4.88 Å². The predicted octanol–water partition coefficient (Wildman–Crippen LogP) is 1.10. The van der Waals surface area contributed by atoms with Crippen LogP contribution in [-0.2, 0) is 16.4 Å². The van der Waals surface area contributed by atoms with Crippen LogP contribution in [0.25, 0.3) is 0 Å². The van der Waals surface area contributed by atoms with Gasteiger partial charge in [-0.3, -0.25) is 4.90 Å². The first-order chi connectivity index (χ1) is 9.50. The molecule has 2 rings (SSSR count). The van der Waals surface area contributed by atoms with Crippen LogP contribution in [0.5, 0.6) is 0 Å². The Morgan fingerprint density at radius 1 is 1.45 bits per heavy atom. The zero-order valence-electron chi connectivity index (χ0n) is 11.5. The molecule has 1 aromatic heterocycles. The summed E-state index contributed by atoms with van der Waals surface area (Å²) in [6.45, 7) is 0.692. The van der Waals surface area contributed by atoms with Crippen molar-refractivity contribution in [3.63, 3.8) is 0 Å². The monoisotopic (exact) mass is 313 g/mol. The average Bonchev–Trinajstić information content (AvgIpc) is 2.83. The second-order valence-electron chi connectivity index (χ2n) is 5.06. The lowest BCUT2D eigenvalue weighted by Crippen LogP contribution is -2.38. The summed E-state index contributed by atoms with van der Waals surface area (Å²) in [4.78, 5) is 3.44. The smallest absolute Gasteiger partial charge is 0.150 e. The number of hydrogen-bond acceptors (Lipinski definition) is 5. The number of rotatable bonds is 3. The first-order valence-corrected chi connectivity index (χ1v) is 9.28. The van der Waals surface area contributed by atoms with Gasteiger partial charge in [0.25, 0.3) is 0 Å². The van der Waals surface area contributed by atoms with Crippen molar-refractivity contribution in [2.75, 3.05) is 25.2 Å². The van der Waals surface area contributed by atoms with Crippen LogP contribution >= 0.6 is 11.3 Å². The third-order valence-corrected chi connectivity index (χ3v) is 6.16. The van der Waals surface area contributed by atoms with Crippen molar-refractivity contribution < 1.29 is 13.5 Å². The summed E-state index contributed by atoms with van der Waals surface area (Å²) in [6.07, 6.45) is 1.45. The van der Waals surface area contributed by atoms with E-state index < -0.39 is 9.84 Å². The van der Waals surface area contributed by atoms with Crippen LogP contribution in [0.4, 0.5) is 0 Å². The van der Waals surface area contributed by atoms with Gasteiger partial charge in [-0.2, -0.15) is 0 Å². The van der Waals surface area contributed by atoms with Crippen LogP contribution < -0.4 is 0 Å². The fourth-order valence-electron chi connectivity index (χ4n) is 2.36. The van der Waals surface area contributed by atoms with Gasteiger partial charge in [-0.25, -0.2) is 8.42 Å². The van der Waals surface area contributed by atoms with Gasteiger partial charge in [-0.1, -0.05) is 11.8 Å². The summed E-state index contributed by atoms with van der Waals surface area (Å²) in [6, 6.07) is 2.37. The summed E-state index contributed by atoms with van der Waals surface area (Å²) in [5.74, 6) is 6.14. The van der Waals surface area contributed by atoms with Crippen LogP contribution in [-0.4, -0.2) is 49.6 Å². The Kier molecular flexibility index (Phi) is 5.22. The van der Waals surface area contributed by atoms with E-state index in [0.29, 0.717) is 17.5 Å². The Balaban J connectivity index is 1.91. The standard InChI is InChI=1S/C14H19NO3S2/c1-15(13-4-7-20(17,18)8-5-13)10-14-9-12(11-19-14)3-2-6-16/h9,11,13,16H,4-8,10H2,1H3. The maximum absolute atomic E-state index is 11.4. The molecule has 0 amide bonds. The number of thiophene rings is 1. The number of nitrogens with zero attached hydrogens (tertiary/aromatic N) is 1. The highest BCUT2D eigenvalue weighted by atomic mass is 32.2. The zero-order valence-corrected chi connectivity index (χ0v) is 13.1. The highest BCUT2D eigenvalue weighted by Crippen LogP contribution is 2.21. The number of aliphatic hydroxyl groups is 1. The van der Waals surface area contributed by atoms with E-state index in [4.69, 9.17) is 5.11 Å². The van der Waals surface area contributed by atoms with E-state index in [0.717, 1.165) is 24.9 Å². The largest absolute Gasteiger partial charge is 0.384 e. The molecule has 0 bridgehead atoms. The van der Waals surface area contributed by atoms with E-state index in [9.17, 15) is 8.42 Å². The molecule has 0 aromatic carbocycles. The third-order valence-electron chi connectivity index (χ3n) is 3.52. The number of hydrogen-bond donors (Lipinski definition) is 1. The van der Waals surface area contributed by atoms with Crippen molar-refractivity contribution in [3.05, 3.63) is 21.9 Å². The molecule has 2 heterocycles. The van der Waals surface area contributed by atoms with Crippen molar-refractivity contribution >= 4 is 21.2 Å². The predicted molar refractivity (Wildman–Crippen MR) is 81.4 cm³/mol. The summed E-state index contributed by atoms with van der Waals surface area (Å²) in [5.41, 5.74) is 0.929. The molecule has 1 aromatic rings. The number of sulfone groups is 1. The molecule has 0 radical (unpaired) electrons. The number of aliphatic hydroxyl groups excluding tert-OH is 1. The minimum atomic E-state index is -2.79. The van der Waals surface area contributed by atoms with Crippen molar-refractivity contribution in [3.8, 4) is 11.8 Å². The van der Waals surface area contributed by atoms with Gasteiger partial charge in [-0.15, -0.1) is 11.3 Å². The van der Waals surface area contributed by atoms with Crippen molar-refractivity contribution in [2.45, 2.75) is 25.4 Å². The Morgan fingerprint density at radius 2 is 2.15 bits per heavy atom. The maximum atomic E-state index is 11.4. The van der Waals surface area contributed by atoms with E-state index in [-0.39, 0.29) is 6.61 Å². The van der Waals surface area contributed by atoms with E-state index >= 15 is 0 Å². The third kappa shape index (κ3) is 4.32. The van der Waals surface area contributed by atoms with Crippen LogP contribution in [0.15, 0.2) is 11.4 Å². The first kappa shape index (κ1) is 15.5. The molecule has 0 spiro atoms. The second-order valence-corrected chi connectivity index (χ2v) is 8.36. The summed E-state index contributed by atoms with van der Waals surface area (Å²) < 4.78 is 22.9. The van der Waals surface area contributed by atoms with Crippen LogP contribution in [0.1, 0.15) is 23.3 Å². The van der Waals surface area contributed by atoms with Crippen molar-refractivity contribution in [2.24, 2.45) is 0 Å². The summed E-state index contributed by atoms with van der Waals surface area (Å²) >= 11 is 1.65. The molecule has 1 aliphatic heterocycles. The van der Waals surface area contributed by atoms with Gasteiger partial charge in [0.2, 0.25) is 0 Å². The van der Waals surface area contributed by atoms with Gasteiger partial charge in [0.15, 0.2) is 0 Å². The summed E-state index contributed by atoms with van der Waals surface area (Å²) in [5, 5.41) is 10.6. The van der Waals surface area contributed by atoms with Crippen LogP contribution in [0.3, 0.4) is 0 Å². The lowest BCUT2D eigenvalue weighted by Gasteiger charge is -2.30. The highest BCUT2D eigenvalue weighted by molar-refractivity contribution is 7.91. The minimum Gasteiger partial charge on any atom is -0.384 e. The van der Waals surface area contributed by atoms with Crippen molar-refractivity contribution in [1.82, 2.24) is 4.90 Å². The van der Waals surface area contributed by atoms with Gasteiger partial charge >= 0.3 is 0 Å². The molecule has 0 saturated carbocycles. The van der Waals surface area contributed by atoms with Gasteiger partial charge in [0.05, 0.1) is 11.5 Å². The van der Waals surface area contributed by atoms with Crippen LogP contribution in [0.2, 0.25) is 0 Å². The molecule has 1 fully saturated rings. The minimum absolute atomic E-state index is 0.123. The molecule has 0 atom stereocenters. The average molecular weight is 313 g/mol. The molecule has 0 unspecified atom stereocenters. The normalized spacial score (nSPS) is 18.8. The molecule has 1 saturated heterocycles. The van der Waals surface area contributed by atoms with Gasteiger partial charge in [0.1, 0.15) is 16.4 Å². The van der Waals surface area contributed by atoms with E-state index in [1.54, 1.807) is 11.3 Å². The Hall–Kier alpha value is -0.870. The van der Waals surface area contributed by atoms with E-state index in [1.807, 2.05) is 18.5 Å². The van der Waals surface area contributed by atoms with Gasteiger partial charge < -0.3 is 5.11 Å². The Bertz CT molecular complexity index is 596. The summed E-state index contributed by atoms with van der Waals surface area (Å²) in [7, 11) is -0.751. The maximum Gasteiger partial charge on any atom is 0.150 e. The molecule has 1 aliphatic rings. The molecule has 0 aliphatic carbocycles. The Morgan fingerprint density at radius 3 is 2.80 bits per heavy atom. The lowest BCUT2D eigenvalue weighted by atomic mass is 10.1. The van der Waals surface area contributed by atoms with Crippen molar-refractivity contribution in [1.29, 1.82) is 0 Å². The fourth-order valence-corrected chi connectivity index (χ4v) is 4.71.